The molecule has 0 unspecified atom stereocenters. The summed E-state index contributed by atoms with van der Waals surface area (Å²) in [6.07, 6.45) is 2.78. The highest BCUT2D eigenvalue weighted by Crippen LogP contribution is 2.45. The molecular weight excluding hydrogens is 382 g/mol. The fourth-order valence-corrected chi connectivity index (χ4v) is 4.95. The topological polar surface area (TPSA) is 56.1 Å². The van der Waals surface area contributed by atoms with Gasteiger partial charge in [-0.25, -0.2) is 0 Å². The van der Waals surface area contributed by atoms with Crippen LogP contribution in [0, 0.1) is 25.2 Å². The highest BCUT2D eigenvalue weighted by atomic mass is 16.1. The average Bonchev–Trinajstić information content (AvgIpc) is 2.67. The molecule has 1 heterocycles. The molecule has 0 aliphatic carbocycles. The number of hydrogen-bond acceptors (Lipinski definition) is 3. The van der Waals surface area contributed by atoms with Crippen LogP contribution in [-0.4, -0.2) is 17.5 Å². The molecule has 0 bridgehead atoms. The third-order valence-corrected chi connectivity index (χ3v) is 6.24. The zero-order valence-corrected chi connectivity index (χ0v) is 19.7. The van der Waals surface area contributed by atoms with Crippen molar-refractivity contribution in [2.45, 2.75) is 72.4 Å². The number of nitriles is 1. The Morgan fingerprint density at radius 1 is 1.23 bits per heavy atom. The van der Waals surface area contributed by atoms with Gasteiger partial charge in [0.1, 0.15) is 11.6 Å². The Kier molecular flexibility index (Phi) is 6.27. The van der Waals surface area contributed by atoms with Crippen LogP contribution in [0.5, 0.6) is 0 Å². The zero-order valence-electron chi connectivity index (χ0n) is 19.7. The lowest BCUT2D eigenvalue weighted by Gasteiger charge is -2.50. The fraction of sp³-hybridized carbons (Fsp3) is 0.407. The smallest absolute Gasteiger partial charge is 0.266 e. The normalized spacial score (nSPS) is 17.8. The van der Waals surface area contributed by atoms with Gasteiger partial charge in [-0.1, -0.05) is 25.1 Å². The molecular formula is C27H33N3O. The molecule has 0 saturated heterocycles. The monoisotopic (exact) mass is 415 g/mol. The summed E-state index contributed by atoms with van der Waals surface area (Å²) >= 11 is 0. The second kappa shape index (κ2) is 8.59. The Morgan fingerprint density at radius 2 is 1.90 bits per heavy atom. The second-order valence-electron chi connectivity index (χ2n) is 9.59. The van der Waals surface area contributed by atoms with Crippen LogP contribution in [0.3, 0.4) is 0 Å². The predicted octanol–water partition coefficient (Wildman–Crippen LogP) is 6.35. The van der Waals surface area contributed by atoms with Crippen LogP contribution in [0.2, 0.25) is 0 Å². The summed E-state index contributed by atoms with van der Waals surface area (Å²) < 4.78 is 0. The van der Waals surface area contributed by atoms with Gasteiger partial charge in [-0.15, -0.1) is 0 Å². The van der Waals surface area contributed by atoms with Gasteiger partial charge in [-0.05, 0) is 100 Å². The van der Waals surface area contributed by atoms with Crippen molar-refractivity contribution in [2.75, 3.05) is 10.2 Å². The number of amides is 1. The summed E-state index contributed by atoms with van der Waals surface area (Å²) in [7, 11) is 0. The molecule has 2 aromatic rings. The van der Waals surface area contributed by atoms with Crippen molar-refractivity contribution in [3.8, 4) is 6.07 Å². The summed E-state index contributed by atoms with van der Waals surface area (Å²) in [5.74, 6) is 0.0194. The number of fused-ring (bicyclic) bond motifs is 1. The number of carbonyl (C=O) groups is 1. The van der Waals surface area contributed by atoms with E-state index in [0.29, 0.717) is 12.0 Å². The van der Waals surface area contributed by atoms with E-state index in [-0.39, 0.29) is 17.0 Å². The number of nitrogens with zero attached hydrogens (tertiary/aromatic N) is 2. The zero-order chi connectivity index (χ0) is 22.9. The molecule has 1 amide bonds. The standard InChI is InChI=1S/C27H33N3O/c1-17(2)30-25-12-19(4)21(14-23(25)20(5)15-27(30,6)7)13-22(16-28)26(31)29-24-11-9-8-10-18(24)3/h8-14,17,20H,15H2,1-7H3,(H,29,31)/b22-13-/t20-/m1/s1. The van der Waals surface area contributed by atoms with Crippen molar-refractivity contribution < 1.29 is 4.79 Å². The first kappa shape index (κ1) is 22.6. The summed E-state index contributed by atoms with van der Waals surface area (Å²) in [5, 5.41) is 12.5. The highest BCUT2D eigenvalue weighted by Gasteiger charge is 2.37. The lowest BCUT2D eigenvalue weighted by molar-refractivity contribution is -0.112. The largest absolute Gasteiger partial charge is 0.364 e. The number of hydrogen-bond donors (Lipinski definition) is 1. The van der Waals surface area contributed by atoms with Gasteiger partial charge in [0.2, 0.25) is 0 Å². The van der Waals surface area contributed by atoms with E-state index in [0.717, 1.165) is 28.8 Å². The molecule has 1 N–H and O–H groups in total. The third-order valence-electron chi connectivity index (χ3n) is 6.24. The van der Waals surface area contributed by atoms with Crippen LogP contribution in [-0.2, 0) is 4.79 Å². The van der Waals surface area contributed by atoms with Gasteiger partial charge in [-0.3, -0.25) is 4.79 Å². The van der Waals surface area contributed by atoms with E-state index in [1.807, 2.05) is 38.1 Å². The maximum atomic E-state index is 12.8. The molecule has 0 spiro atoms. The first-order valence-electron chi connectivity index (χ1n) is 11.0. The minimum absolute atomic E-state index is 0.0790. The number of nitrogens with one attached hydrogen (secondary N) is 1. The predicted molar refractivity (Wildman–Crippen MR) is 129 cm³/mol. The summed E-state index contributed by atoms with van der Waals surface area (Å²) in [6.45, 7) is 15.3. The summed E-state index contributed by atoms with van der Waals surface area (Å²) in [4.78, 5) is 15.3. The molecule has 31 heavy (non-hydrogen) atoms. The van der Waals surface area contributed by atoms with Gasteiger partial charge in [0.25, 0.3) is 5.91 Å². The third kappa shape index (κ3) is 4.51. The van der Waals surface area contributed by atoms with Crippen molar-refractivity contribution in [3.05, 3.63) is 64.2 Å². The van der Waals surface area contributed by atoms with E-state index in [4.69, 9.17) is 0 Å². The molecule has 1 aliphatic rings. The second-order valence-corrected chi connectivity index (χ2v) is 9.59. The van der Waals surface area contributed by atoms with Crippen molar-refractivity contribution in [1.82, 2.24) is 0 Å². The highest BCUT2D eigenvalue weighted by molar-refractivity contribution is 6.10. The Bertz CT molecular complexity index is 1070. The molecule has 162 valence electrons. The van der Waals surface area contributed by atoms with Crippen LogP contribution in [0.1, 0.15) is 69.2 Å². The van der Waals surface area contributed by atoms with Crippen LogP contribution in [0.25, 0.3) is 6.08 Å². The molecule has 0 fully saturated rings. The molecule has 4 heteroatoms. The number of rotatable bonds is 4. The van der Waals surface area contributed by atoms with E-state index < -0.39 is 0 Å². The molecule has 0 saturated carbocycles. The molecule has 1 aliphatic heterocycles. The molecule has 4 nitrogen and oxygen atoms in total. The Hall–Kier alpha value is -3.06. The number of benzene rings is 2. The van der Waals surface area contributed by atoms with Crippen molar-refractivity contribution >= 4 is 23.4 Å². The van der Waals surface area contributed by atoms with Crippen LogP contribution >= 0.6 is 0 Å². The average molecular weight is 416 g/mol. The first-order chi connectivity index (χ1) is 14.5. The quantitative estimate of drug-likeness (QED) is 0.467. The lowest BCUT2D eigenvalue weighted by Crippen LogP contribution is -2.51. The van der Waals surface area contributed by atoms with Gasteiger partial charge in [0.05, 0.1) is 0 Å². The van der Waals surface area contributed by atoms with E-state index in [2.05, 4.69) is 63.0 Å². The van der Waals surface area contributed by atoms with E-state index >= 15 is 0 Å². The molecule has 2 aromatic carbocycles. The Morgan fingerprint density at radius 3 is 2.52 bits per heavy atom. The van der Waals surface area contributed by atoms with Crippen molar-refractivity contribution in [3.63, 3.8) is 0 Å². The first-order valence-corrected chi connectivity index (χ1v) is 11.0. The SMILES string of the molecule is Cc1cc2c(cc1/C=C(/C#N)C(=O)Nc1ccccc1C)[C@H](C)CC(C)(C)N2C(C)C. The van der Waals surface area contributed by atoms with Gasteiger partial charge in [0.15, 0.2) is 0 Å². The van der Waals surface area contributed by atoms with E-state index in [9.17, 15) is 10.1 Å². The number of aryl methyl sites for hydroxylation is 2. The minimum atomic E-state index is -0.382. The fourth-order valence-electron chi connectivity index (χ4n) is 4.95. The van der Waals surface area contributed by atoms with Crippen molar-refractivity contribution in [1.29, 1.82) is 5.26 Å². The maximum Gasteiger partial charge on any atom is 0.266 e. The van der Waals surface area contributed by atoms with Gasteiger partial charge < -0.3 is 10.2 Å². The van der Waals surface area contributed by atoms with Gasteiger partial charge in [0, 0.05) is 23.0 Å². The molecule has 1 atom stereocenters. The van der Waals surface area contributed by atoms with Crippen LogP contribution in [0.15, 0.2) is 42.0 Å². The lowest BCUT2D eigenvalue weighted by atomic mass is 9.78. The van der Waals surface area contributed by atoms with Crippen LogP contribution < -0.4 is 10.2 Å². The number of carbonyl (C=O) groups excluding carboxylic acids is 1. The Balaban J connectivity index is 2.01. The number of para-hydroxylation sites is 1. The van der Waals surface area contributed by atoms with Crippen LogP contribution in [0.4, 0.5) is 11.4 Å². The summed E-state index contributed by atoms with van der Waals surface area (Å²) in [5.41, 5.74) is 6.39. The van der Waals surface area contributed by atoms with E-state index in [1.165, 1.54) is 11.3 Å². The van der Waals surface area contributed by atoms with Crippen molar-refractivity contribution in [2.24, 2.45) is 0 Å². The molecule has 3 rings (SSSR count). The van der Waals surface area contributed by atoms with E-state index in [1.54, 1.807) is 6.08 Å². The number of anilines is 2. The molecule has 0 aromatic heterocycles. The Labute approximate surface area is 186 Å². The summed E-state index contributed by atoms with van der Waals surface area (Å²) in [6, 6.07) is 14.4. The van der Waals surface area contributed by atoms with Gasteiger partial charge in [-0.2, -0.15) is 5.26 Å². The minimum Gasteiger partial charge on any atom is -0.364 e. The van der Waals surface area contributed by atoms with Gasteiger partial charge >= 0.3 is 0 Å². The molecule has 0 radical (unpaired) electrons. The maximum absolute atomic E-state index is 12.8.